The van der Waals surface area contributed by atoms with Gasteiger partial charge >= 0.3 is 5.69 Å². The summed E-state index contributed by atoms with van der Waals surface area (Å²) in [6, 6.07) is 18.5. The molecule has 0 aliphatic heterocycles. The van der Waals surface area contributed by atoms with Crippen LogP contribution in [0.15, 0.2) is 70.4 Å². The zero-order valence-electron chi connectivity index (χ0n) is 20.5. The zero-order valence-corrected chi connectivity index (χ0v) is 20.5. The molecule has 0 aliphatic rings. The molecule has 2 aromatic carbocycles. The third kappa shape index (κ3) is 5.78. The van der Waals surface area contributed by atoms with Gasteiger partial charge in [-0.1, -0.05) is 75.4 Å². The molecule has 0 atom stereocenters. The normalized spacial score (nSPS) is 10.9. The van der Waals surface area contributed by atoms with Crippen LogP contribution in [0.2, 0.25) is 0 Å². The first-order chi connectivity index (χ1) is 16.2. The standard InChI is InChI=1S/C23H24N4O2.C4H8O/c1-16(2)13-27-21-20(22(28)25(3)23(27)29)15-26(24-21)14-17-9-11-19(12-10-17)18-7-5-4-6-8-18;1-3-4(2)5/h4-12,15-16H,13-14H2,1-3H3;3H2,1-2H3. The first kappa shape index (κ1) is 24.9. The van der Waals surface area contributed by atoms with E-state index in [-0.39, 0.29) is 23.0 Å². The molecule has 0 fully saturated rings. The van der Waals surface area contributed by atoms with Crippen molar-refractivity contribution in [1.29, 1.82) is 0 Å². The number of fused-ring (bicyclic) bond motifs is 1. The molecule has 0 aliphatic carbocycles. The Balaban J connectivity index is 0.000000588. The number of benzene rings is 2. The minimum Gasteiger partial charge on any atom is -0.300 e. The van der Waals surface area contributed by atoms with Crippen molar-refractivity contribution >= 4 is 16.8 Å². The minimum absolute atomic E-state index is 0.255. The summed E-state index contributed by atoms with van der Waals surface area (Å²) in [7, 11) is 1.51. The van der Waals surface area contributed by atoms with Crippen molar-refractivity contribution < 1.29 is 4.79 Å². The van der Waals surface area contributed by atoms with Crippen molar-refractivity contribution in [2.45, 2.75) is 47.2 Å². The molecule has 2 heterocycles. The molecule has 0 unspecified atom stereocenters. The Morgan fingerprint density at radius 1 is 0.971 bits per heavy atom. The van der Waals surface area contributed by atoms with E-state index in [1.54, 1.807) is 22.4 Å². The number of hydrogen-bond donors (Lipinski definition) is 0. The van der Waals surface area contributed by atoms with Crippen LogP contribution in [0.4, 0.5) is 0 Å². The lowest BCUT2D eigenvalue weighted by Crippen LogP contribution is -2.38. The van der Waals surface area contributed by atoms with E-state index < -0.39 is 0 Å². The second-order valence-electron chi connectivity index (χ2n) is 8.83. The fourth-order valence-electron chi connectivity index (χ4n) is 3.53. The predicted molar refractivity (Wildman–Crippen MR) is 136 cm³/mol. The maximum Gasteiger partial charge on any atom is 0.332 e. The summed E-state index contributed by atoms with van der Waals surface area (Å²) in [6.07, 6.45) is 2.40. The first-order valence-electron chi connectivity index (χ1n) is 11.5. The van der Waals surface area contributed by atoms with Crippen molar-refractivity contribution in [3.63, 3.8) is 0 Å². The van der Waals surface area contributed by atoms with Crippen LogP contribution in [0.3, 0.4) is 0 Å². The molecular weight excluding hydrogens is 428 g/mol. The first-order valence-corrected chi connectivity index (χ1v) is 11.5. The van der Waals surface area contributed by atoms with Gasteiger partial charge in [-0.25, -0.2) is 4.79 Å². The van der Waals surface area contributed by atoms with Crippen molar-refractivity contribution in [3.05, 3.63) is 87.2 Å². The number of Topliss-reactive ketones (excluding diaryl/α,β-unsaturated/α-hetero) is 1. The van der Waals surface area contributed by atoms with Crippen molar-refractivity contribution in [2.24, 2.45) is 13.0 Å². The summed E-state index contributed by atoms with van der Waals surface area (Å²) in [5.41, 5.74) is 3.22. The fraction of sp³-hybridized carbons (Fsp3) is 0.333. The maximum absolute atomic E-state index is 12.6. The van der Waals surface area contributed by atoms with E-state index in [1.165, 1.54) is 12.6 Å². The predicted octanol–water partition coefficient (Wildman–Crippen LogP) is 4.25. The summed E-state index contributed by atoms with van der Waals surface area (Å²) < 4.78 is 4.49. The maximum atomic E-state index is 12.6. The molecule has 178 valence electrons. The van der Waals surface area contributed by atoms with Crippen LogP contribution in [0.1, 0.15) is 39.7 Å². The lowest BCUT2D eigenvalue weighted by molar-refractivity contribution is -0.116. The van der Waals surface area contributed by atoms with Gasteiger partial charge in [-0.3, -0.25) is 18.6 Å². The van der Waals surface area contributed by atoms with Crippen LogP contribution in [-0.2, 0) is 24.9 Å². The van der Waals surface area contributed by atoms with Gasteiger partial charge in [0.05, 0.1) is 6.54 Å². The summed E-state index contributed by atoms with van der Waals surface area (Å²) >= 11 is 0. The third-order valence-electron chi connectivity index (χ3n) is 5.50. The Hall–Kier alpha value is -3.74. The molecule has 0 saturated heterocycles. The number of hydrogen-bond acceptors (Lipinski definition) is 4. The molecule has 0 amide bonds. The molecular formula is C27H32N4O3. The van der Waals surface area contributed by atoms with Crippen LogP contribution >= 0.6 is 0 Å². The summed E-state index contributed by atoms with van der Waals surface area (Å²) in [6.45, 7) is 8.56. The van der Waals surface area contributed by atoms with Gasteiger partial charge in [0, 0.05) is 26.2 Å². The monoisotopic (exact) mass is 460 g/mol. The van der Waals surface area contributed by atoms with Gasteiger partial charge in [-0.15, -0.1) is 0 Å². The Labute approximate surface area is 199 Å². The molecule has 34 heavy (non-hydrogen) atoms. The SMILES string of the molecule is CC(C)Cn1c(=O)n(C)c(=O)c2cn(Cc3ccc(-c4ccccc4)cc3)nc21.CCC(C)=O. The highest BCUT2D eigenvalue weighted by molar-refractivity contribution is 5.75. The van der Waals surface area contributed by atoms with Crippen molar-refractivity contribution in [2.75, 3.05) is 0 Å². The van der Waals surface area contributed by atoms with Gasteiger partial charge in [-0.2, -0.15) is 5.10 Å². The van der Waals surface area contributed by atoms with Crippen molar-refractivity contribution in [3.8, 4) is 11.1 Å². The fourth-order valence-corrected chi connectivity index (χ4v) is 3.53. The zero-order chi connectivity index (χ0) is 24.8. The highest BCUT2D eigenvalue weighted by Gasteiger charge is 2.15. The molecule has 0 spiro atoms. The van der Waals surface area contributed by atoms with Crippen LogP contribution in [0.25, 0.3) is 22.2 Å². The Morgan fingerprint density at radius 2 is 1.56 bits per heavy atom. The molecule has 0 N–H and O–H groups in total. The Bertz CT molecular complexity index is 1380. The molecule has 4 rings (SSSR count). The molecule has 0 radical (unpaired) electrons. The van der Waals surface area contributed by atoms with Gasteiger partial charge in [0.15, 0.2) is 5.65 Å². The number of carbonyl (C=O) groups is 1. The molecule has 7 heteroatoms. The van der Waals surface area contributed by atoms with Gasteiger partial charge in [0.2, 0.25) is 0 Å². The molecule has 2 aromatic heterocycles. The molecule has 7 nitrogen and oxygen atoms in total. The second kappa shape index (κ2) is 10.9. The molecule has 0 saturated carbocycles. The van der Waals surface area contributed by atoms with Gasteiger partial charge in [0.25, 0.3) is 5.56 Å². The topological polar surface area (TPSA) is 78.9 Å². The van der Waals surface area contributed by atoms with Gasteiger partial charge in [0.1, 0.15) is 11.2 Å². The molecule has 4 aromatic rings. The number of nitrogens with zero attached hydrogens (tertiary/aromatic N) is 4. The van der Waals surface area contributed by atoms with E-state index in [0.717, 1.165) is 15.7 Å². The number of aromatic nitrogens is 4. The highest BCUT2D eigenvalue weighted by atomic mass is 16.2. The van der Waals surface area contributed by atoms with Crippen LogP contribution < -0.4 is 11.2 Å². The average molecular weight is 461 g/mol. The number of rotatable bonds is 6. The minimum atomic E-state index is -0.325. The highest BCUT2D eigenvalue weighted by Crippen LogP contribution is 2.20. The van der Waals surface area contributed by atoms with Gasteiger partial charge < -0.3 is 4.79 Å². The van der Waals surface area contributed by atoms with E-state index in [0.29, 0.717) is 30.5 Å². The van der Waals surface area contributed by atoms with Gasteiger partial charge in [-0.05, 0) is 29.5 Å². The summed E-state index contributed by atoms with van der Waals surface area (Å²) in [5.74, 6) is 0.522. The second-order valence-corrected chi connectivity index (χ2v) is 8.83. The van der Waals surface area contributed by atoms with Crippen LogP contribution in [0, 0.1) is 5.92 Å². The molecule has 0 bridgehead atoms. The lowest BCUT2D eigenvalue weighted by Gasteiger charge is -2.10. The van der Waals surface area contributed by atoms with Crippen LogP contribution in [0.5, 0.6) is 0 Å². The van der Waals surface area contributed by atoms with E-state index in [2.05, 4.69) is 41.5 Å². The van der Waals surface area contributed by atoms with E-state index in [4.69, 9.17) is 0 Å². The van der Waals surface area contributed by atoms with E-state index in [1.807, 2.05) is 39.0 Å². The van der Waals surface area contributed by atoms with Crippen molar-refractivity contribution in [1.82, 2.24) is 18.9 Å². The smallest absolute Gasteiger partial charge is 0.300 e. The quantitative estimate of drug-likeness (QED) is 0.431. The van der Waals surface area contributed by atoms with Crippen LogP contribution in [-0.4, -0.2) is 24.7 Å². The van der Waals surface area contributed by atoms with E-state index >= 15 is 0 Å². The number of ketones is 1. The average Bonchev–Trinajstić information content (AvgIpc) is 3.25. The Kier molecular flexibility index (Phi) is 7.99. The van der Waals surface area contributed by atoms with E-state index in [9.17, 15) is 14.4 Å². The summed E-state index contributed by atoms with van der Waals surface area (Å²) in [5, 5.41) is 5.04. The Morgan fingerprint density at radius 3 is 2.12 bits per heavy atom. The third-order valence-corrected chi connectivity index (χ3v) is 5.50. The largest absolute Gasteiger partial charge is 0.332 e. The summed E-state index contributed by atoms with van der Waals surface area (Å²) in [4.78, 5) is 34.9. The number of carbonyl (C=O) groups excluding carboxylic acids is 1. The lowest BCUT2D eigenvalue weighted by atomic mass is 10.0.